The Hall–Kier alpha value is -1.09. The Morgan fingerprint density at radius 3 is 2.92 bits per heavy atom. The molecule has 0 amide bonds. The van der Waals surface area contributed by atoms with Gasteiger partial charge in [0.15, 0.2) is 6.29 Å². The van der Waals surface area contributed by atoms with Crippen LogP contribution in [0.2, 0.25) is 0 Å². The largest absolute Gasteiger partial charge is 0.349 e. The van der Waals surface area contributed by atoms with E-state index in [4.69, 9.17) is 0 Å². The maximum absolute atomic E-state index is 10.7. The summed E-state index contributed by atoms with van der Waals surface area (Å²) in [4.78, 5) is 13.8. The molecule has 66 valence electrons. The number of aromatic nitrogens is 1. The van der Waals surface area contributed by atoms with E-state index in [9.17, 15) is 4.79 Å². The molecule has 0 fully saturated rings. The van der Waals surface area contributed by atoms with Crippen LogP contribution in [0.15, 0.2) is 22.8 Å². The molecular formula is C10H8BrNO. The monoisotopic (exact) mass is 237 g/mol. The molecule has 2 nitrogen and oxygen atoms in total. The number of rotatable bonds is 1. The number of aromatic amines is 1. The second-order valence-corrected chi connectivity index (χ2v) is 3.81. The minimum Gasteiger partial charge on any atom is -0.349 e. The lowest BCUT2D eigenvalue weighted by Crippen LogP contribution is -1.76. The average Bonchev–Trinajstić information content (AvgIpc) is 2.39. The van der Waals surface area contributed by atoms with Crippen molar-refractivity contribution in [3.63, 3.8) is 0 Å². The molecule has 0 atom stereocenters. The van der Waals surface area contributed by atoms with Gasteiger partial charge in [-0.05, 0) is 34.5 Å². The van der Waals surface area contributed by atoms with Gasteiger partial charge in [0.25, 0.3) is 0 Å². The predicted octanol–water partition coefficient (Wildman–Crippen LogP) is 3.05. The molecule has 3 heteroatoms. The molecule has 1 N–H and O–H groups in total. The maximum Gasteiger partial charge on any atom is 0.153 e. The SMILES string of the molecule is Cc1ccc2c(C=O)c(Br)[nH]c2c1. The van der Waals surface area contributed by atoms with Gasteiger partial charge in [-0.2, -0.15) is 0 Å². The molecule has 13 heavy (non-hydrogen) atoms. The van der Waals surface area contributed by atoms with Crippen LogP contribution in [0, 0.1) is 6.92 Å². The minimum absolute atomic E-state index is 0.690. The van der Waals surface area contributed by atoms with Crippen LogP contribution in [0.25, 0.3) is 10.9 Å². The second-order valence-electron chi connectivity index (χ2n) is 3.02. The van der Waals surface area contributed by atoms with E-state index in [0.29, 0.717) is 5.56 Å². The van der Waals surface area contributed by atoms with Crippen molar-refractivity contribution in [2.45, 2.75) is 6.92 Å². The number of aryl methyl sites for hydroxylation is 1. The lowest BCUT2D eigenvalue weighted by atomic mass is 10.1. The van der Waals surface area contributed by atoms with Crippen molar-refractivity contribution in [1.29, 1.82) is 0 Å². The number of hydrogen-bond acceptors (Lipinski definition) is 1. The number of hydrogen-bond donors (Lipinski definition) is 1. The van der Waals surface area contributed by atoms with E-state index >= 15 is 0 Å². The minimum atomic E-state index is 0.690. The summed E-state index contributed by atoms with van der Waals surface area (Å²) < 4.78 is 0.753. The summed E-state index contributed by atoms with van der Waals surface area (Å²) in [7, 11) is 0. The third-order valence-corrected chi connectivity index (χ3v) is 2.69. The van der Waals surface area contributed by atoms with Gasteiger partial charge < -0.3 is 4.98 Å². The van der Waals surface area contributed by atoms with Crippen molar-refractivity contribution in [1.82, 2.24) is 4.98 Å². The summed E-state index contributed by atoms with van der Waals surface area (Å²) in [6.45, 7) is 2.02. The Kier molecular flexibility index (Phi) is 1.96. The molecule has 2 rings (SSSR count). The van der Waals surface area contributed by atoms with Crippen LogP contribution >= 0.6 is 15.9 Å². The molecule has 0 aliphatic rings. The number of nitrogens with one attached hydrogen (secondary N) is 1. The van der Waals surface area contributed by atoms with Crippen LogP contribution in [0.5, 0.6) is 0 Å². The predicted molar refractivity (Wildman–Crippen MR) is 56.1 cm³/mol. The first-order valence-electron chi connectivity index (χ1n) is 3.95. The number of halogens is 1. The highest BCUT2D eigenvalue weighted by Gasteiger charge is 2.07. The van der Waals surface area contributed by atoms with E-state index in [0.717, 1.165) is 21.8 Å². The molecule has 1 aromatic carbocycles. The molecule has 1 heterocycles. The van der Waals surface area contributed by atoms with Gasteiger partial charge in [-0.15, -0.1) is 0 Å². The number of fused-ring (bicyclic) bond motifs is 1. The van der Waals surface area contributed by atoms with E-state index in [1.807, 2.05) is 25.1 Å². The summed E-state index contributed by atoms with van der Waals surface area (Å²) in [5.74, 6) is 0. The highest BCUT2D eigenvalue weighted by molar-refractivity contribution is 9.10. The Morgan fingerprint density at radius 2 is 2.23 bits per heavy atom. The smallest absolute Gasteiger partial charge is 0.153 e. The molecule has 0 unspecified atom stereocenters. The van der Waals surface area contributed by atoms with Gasteiger partial charge >= 0.3 is 0 Å². The Balaban J connectivity index is 2.86. The van der Waals surface area contributed by atoms with Gasteiger partial charge in [-0.1, -0.05) is 12.1 Å². The highest BCUT2D eigenvalue weighted by atomic mass is 79.9. The third-order valence-electron chi connectivity index (χ3n) is 2.06. The fourth-order valence-corrected chi connectivity index (χ4v) is 1.94. The number of aldehydes is 1. The Bertz CT molecular complexity index is 473. The van der Waals surface area contributed by atoms with E-state index in [2.05, 4.69) is 20.9 Å². The molecule has 1 aromatic heterocycles. The van der Waals surface area contributed by atoms with Crippen LogP contribution in [-0.4, -0.2) is 11.3 Å². The molecule has 0 saturated heterocycles. The quantitative estimate of drug-likeness (QED) is 0.761. The van der Waals surface area contributed by atoms with Crippen LogP contribution in [0.1, 0.15) is 15.9 Å². The van der Waals surface area contributed by atoms with Gasteiger partial charge in [0.1, 0.15) is 0 Å². The fourth-order valence-electron chi connectivity index (χ4n) is 1.42. The van der Waals surface area contributed by atoms with Crippen molar-refractivity contribution in [3.8, 4) is 0 Å². The zero-order chi connectivity index (χ0) is 9.42. The molecule has 0 aliphatic heterocycles. The van der Waals surface area contributed by atoms with Gasteiger partial charge in [-0.3, -0.25) is 4.79 Å². The van der Waals surface area contributed by atoms with Crippen LogP contribution in [-0.2, 0) is 0 Å². The van der Waals surface area contributed by atoms with Crippen molar-refractivity contribution in [2.24, 2.45) is 0 Å². The first kappa shape index (κ1) is 8.51. The van der Waals surface area contributed by atoms with Crippen LogP contribution in [0.4, 0.5) is 0 Å². The summed E-state index contributed by atoms with van der Waals surface area (Å²) in [6, 6.07) is 5.97. The Labute approximate surface area is 84.1 Å². The third kappa shape index (κ3) is 1.29. The van der Waals surface area contributed by atoms with E-state index in [1.165, 1.54) is 5.56 Å². The lowest BCUT2D eigenvalue weighted by molar-refractivity contribution is 0.112. The van der Waals surface area contributed by atoms with Gasteiger partial charge in [0.2, 0.25) is 0 Å². The molecule has 0 bridgehead atoms. The zero-order valence-corrected chi connectivity index (χ0v) is 8.68. The lowest BCUT2D eigenvalue weighted by Gasteiger charge is -1.92. The highest BCUT2D eigenvalue weighted by Crippen LogP contribution is 2.25. The number of carbonyl (C=O) groups excluding carboxylic acids is 1. The van der Waals surface area contributed by atoms with Crippen LogP contribution < -0.4 is 0 Å². The van der Waals surface area contributed by atoms with E-state index < -0.39 is 0 Å². The first-order chi connectivity index (χ1) is 6.22. The van der Waals surface area contributed by atoms with Gasteiger partial charge in [0.05, 0.1) is 10.2 Å². The molecular weight excluding hydrogens is 230 g/mol. The van der Waals surface area contributed by atoms with Crippen molar-refractivity contribution < 1.29 is 4.79 Å². The number of benzene rings is 1. The van der Waals surface area contributed by atoms with Gasteiger partial charge in [0, 0.05) is 10.9 Å². The first-order valence-corrected chi connectivity index (χ1v) is 4.74. The summed E-state index contributed by atoms with van der Waals surface area (Å²) in [6.07, 6.45) is 0.859. The van der Waals surface area contributed by atoms with E-state index in [1.54, 1.807) is 0 Å². The standard InChI is InChI=1S/C10H8BrNO/c1-6-2-3-7-8(5-13)10(11)12-9(7)4-6/h2-5,12H,1H3. The summed E-state index contributed by atoms with van der Waals surface area (Å²) in [5.41, 5.74) is 2.86. The number of carbonyl (C=O) groups is 1. The topological polar surface area (TPSA) is 32.9 Å². The summed E-state index contributed by atoms with van der Waals surface area (Å²) in [5, 5.41) is 0.965. The molecule has 0 radical (unpaired) electrons. The van der Waals surface area contributed by atoms with Crippen LogP contribution in [0.3, 0.4) is 0 Å². The fraction of sp³-hybridized carbons (Fsp3) is 0.100. The average molecular weight is 238 g/mol. The zero-order valence-electron chi connectivity index (χ0n) is 7.10. The van der Waals surface area contributed by atoms with Crippen molar-refractivity contribution >= 4 is 33.1 Å². The second kappa shape index (κ2) is 3.00. The van der Waals surface area contributed by atoms with Crippen molar-refractivity contribution in [2.75, 3.05) is 0 Å². The van der Waals surface area contributed by atoms with Crippen molar-refractivity contribution in [3.05, 3.63) is 33.9 Å². The molecule has 0 spiro atoms. The molecule has 2 aromatic rings. The summed E-state index contributed by atoms with van der Waals surface area (Å²) >= 11 is 3.31. The normalized spacial score (nSPS) is 10.6. The van der Waals surface area contributed by atoms with Gasteiger partial charge in [-0.25, -0.2) is 0 Å². The Morgan fingerprint density at radius 1 is 1.46 bits per heavy atom. The maximum atomic E-state index is 10.7. The van der Waals surface area contributed by atoms with E-state index in [-0.39, 0.29) is 0 Å². The molecule has 0 aliphatic carbocycles. The number of H-pyrrole nitrogens is 1. The molecule has 0 saturated carbocycles.